The largest absolute Gasteiger partial charge is 0.476 e. The minimum Gasteiger partial charge on any atom is -0.476 e. The number of halogens is 1. The quantitative estimate of drug-likeness (QED) is 0.907. The molecule has 0 atom stereocenters. The summed E-state index contributed by atoms with van der Waals surface area (Å²) in [6, 6.07) is 5.88. The number of aromatic nitrogens is 2. The molecule has 0 amide bonds. The third-order valence-electron chi connectivity index (χ3n) is 2.83. The van der Waals surface area contributed by atoms with E-state index in [1.165, 1.54) is 0 Å². The standard InChI is InChI=1S/C13H13ClN2O2/c1-7-4-5-10(8(2)6-7)16-9(3)11(14)12(15-16)13(17)18/h4-6H,1-3H3,(H,17,18). The summed E-state index contributed by atoms with van der Waals surface area (Å²) in [4.78, 5) is 11.0. The number of aromatic carboxylic acids is 1. The molecule has 0 unspecified atom stereocenters. The molecule has 1 N–H and O–H groups in total. The van der Waals surface area contributed by atoms with E-state index in [1.54, 1.807) is 11.6 Å². The van der Waals surface area contributed by atoms with Crippen molar-refractivity contribution < 1.29 is 9.90 Å². The lowest BCUT2D eigenvalue weighted by molar-refractivity contribution is 0.0690. The number of carbonyl (C=O) groups is 1. The van der Waals surface area contributed by atoms with Gasteiger partial charge in [0.2, 0.25) is 0 Å². The number of carboxylic acids is 1. The third kappa shape index (κ3) is 1.99. The Labute approximate surface area is 110 Å². The lowest BCUT2D eigenvalue weighted by Gasteiger charge is -2.08. The highest BCUT2D eigenvalue weighted by Gasteiger charge is 2.19. The van der Waals surface area contributed by atoms with Crippen LogP contribution < -0.4 is 0 Å². The van der Waals surface area contributed by atoms with Gasteiger partial charge >= 0.3 is 5.97 Å². The van der Waals surface area contributed by atoms with Crippen molar-refractivity contribution in [3.63, 3.8) is 0 Å². The average Bonchev–Trinajstić information content (AvgIpc) is 2.57. The fourth-order valence-corrected chi connectivity index (χ4v) is 2.10. The molecule has 2 rings (SSSR count). The van der Waals surface area contributed by atoms with Gasteiger partial charge in [-0.1, -0.05) is 29.3 Å². The van der Waals surface area contributed by atoms with Gasteiger partial charge in [-0.3, -0.25) is 0 Å². The van der Waals surface area contributed by atoms with Gasteiger partial charge in [-0.2, -0.15) is 5.10 Å². The molecule has 0 spiro atoms. The molecule has 0 bridgehead atoms. The van der Waals surface area contributed by atoms with Gasteiger partial charge < -0.3 is 5.11 Å². The van der Waals surface area contributed by atoms with Crippen LogP contribution in [-0.4, -0.2) is 20.9 Å². The van der Waals surface area contributed by atoms with E-state index in [1.807, 2.05) is 32.0 Å². The zero-order chi connectivity index (χ0) is 13.4. The van der Waals surface area contributed by atoms with Crippen molar-refractivity contribution in [3.05, 3.63) is 45.7 Å². The van der Waals surface area contributed by atoms with Gasteiger partial charge in [-0.25, -0.2) is 9.48 Å². The van der Waals surface area contributed by atoms with Crippen molar-refractivity contribution in [3.8, 4) is 5.69 Å². The maximum Gasteiger partial charge on any atom is 0.358 e. The highest BCUT2D eigenvalue weighted by Crippen LogP contribution is 2.25. The van der Waals surface area contributed by atoms with Crippen molar-refractivity contribution in [2.45, 2.75) is 20.8 Å². The van der Waals surface area contributed by atoms with Crippen molar-refractivity contribution in [2.75, 3.05) is 0 Å². The van der Waals surface area contributed by atoms with Crippen LogP contribution in [0.25, 0.3) is 5.69 Å². The Hall–Kier alpha value is -1.81. The molecule has 0 aliphatic rings. The molecule has 2 aromatic rings. The van der Waals surface area contributed by atoms with Crippen LogP contribution in [0, 0.1) is 20.8 Å². The van der Waals surface area contributed by atoms with E-state index in [-0.39, 0.29) is 10.7 Å². The van der Waals surface area contributed by atoms with Crippen molar-refractivity contribution >= 4 is 17.6 Å². The van der Waals surface area contributed by atoms with Crippen molar-refractivity contribution in [1.29, 1.82) is 0 Å². The summed E-state index contributed by atoms with van der Waals surface area (Å²) in [7, 11) is 0. The second kappa shape index (κ2) is 4.46. The molecule has 0 aliphatic carbocycles. The lowest BCUT2D eigenvalue weighted by atomic mass is 10.1. The van der Waals surface area contributed by atoms with Gasteiger partial charge in [0.05, 0.1) is 16.4 Å². The minimum absolute atomic E-state index is 0.117. The van der Waals surface area contributed by atoms with Gasteiger partial charge in [0.25, 0.3) is 0 Å². The molecule has 5 heteroatoms. The molecule has 0 radical (unpaired) electrons. The molecular weight excluding hydrogens is 252 g/mol. The van der Waals surface area contributed by atoms with Gasteiger partial charge in [-0.05, 0) is 32.4 Å². The Balaban J connectivity index is 2.64. The third-order valence-corrected chi connectivity index (χ3v) is 3.28. The van der Waals surface area contributed by atoms with Gasteiger partial charge in [-0.15, -0.1) is 0 Å². The Bertz CT molecular complexity index is 632. The monoisotopic (exact) mass is 264 g/mol. The maximum absolute atomic E-state index is 11.0. The highest BCUT2D eigenvalue weighted by molar-refractivity contribution is 6.33. The van der Waals surface area contributed by atoms with Crippen LogP contribution >= 0.6 is 11.6 Å². The number of benzene rings is 1. The Morgan fingerprint density at radius 2 is 2.00 bits per heavy atom. The summed E-state index contributed by atoms with van der Waals surface area (Å²) in [5.74, 6) is -1.12. The lowest BCUT2D eigenvalue weighted by Crippen LogP contribution is -2.04. The van der Waals surface area contributed by atoms with Crippen LogP contribution in [-0.2, 0) is 0 Å². The molecule has 0 saturated heterocycles. The van der Waals surface area contributed by atoms with E-state index in [2.05, 4.69) is 5.10 Å². The van der Waals surface area contributed by atoms with E-state index in [0.717, 1.165) is 16.8 Å². The number of carboxylic acid groups (broad SMARTS) is 1. The molecule has 1 aromatic heterocycles. The van der Waals surface area contributed by atoms with Crippen LogP contribution in [0.1, 0.15) is 27.3 Å². The zero-order valence-electron chi connectivity index (χ0n) is 10.4. The predicted octanol–water partition coefficient (Wildman–Crippen LogP) is 3.15. The topological polar surface area (TPSA) is 55.1 Å². The number of hydrogen-bond donors (Lipinski definition) is 1. The van der Waals surface area contributed by atoms with Crippen molar-refractivity contribution in [1.82, 2.24) is 9.78 Å². The number of aryl methyl sites for hydroxylation is 2. The normalized spacial score (nSPS) is 10.7. The molecule has 1 heterocycles. The fraction of sp³-hybridized carbons (Fsp3) is 0.231. The summed E-state index contributed by atoms with van der Waals surface area (Å²) in [6.45, 7) is 5.71. The zero-order valence-corrected chi connectivity index (χ0v) is 11.1. The van der Waals surface area contributed by atoms with Crippen LogP contribution in [0.2, 0.25) is 5.02 Å². The molecule has 0 fully saturated rings. The molecule has 18 heavy (non-hydrogen) atoms. The number of hydrogen-bond acceptors (Lipinski definition) is 2. The van der Waals surface area contributed by atoms with E-state index in [0.29, 0.717) is 5.69 Å². The average molecular weight is 265 g/mol. The molecular formula is C13H13ClN2O2. The molecule has 1 aromatic carbocycles. The predicted molar refractivity (Wildman–Crippen MR) is 69.7 cm³/mol. The summed E-state index contributed by atoms with van der Waals surface area (Å²) in [5, 5.41) is 13.2. The highest BCUT2D eigenvalue weighted by atomic mass is 35.5. The summed E-state index contributed by atoms with van der Waals surface area (Å²) < 4.78 is 1.57. The van der Waals surface area contributed by atoms with E-state index >= 15 is 0 Å². The van der Waals surface area contributed by atoms with Crippen molar-refractivity contribution in [2.24, 2.45) is 0 Å². The number of nitrogens with zero attached hydrogens (tertiary/aromatic N) is 2. The molecule has 0 saturated carbocycles. The molecule has 94 valence electrons. The van der Waals surface area contributed by atoms with Crippen LogP contribution in [0.4, 0.5) is 0 Å². The van der Waals surface area contributed by atoms with E-state index in [4.69, 9.17) is 16.7 Å². The second-order valence-electron chi connectivity index (χ2n) is 4.25. The van der Waals surface area contributed by atoms with Crippen LogP contribution in [0.5, 0.6) is 0 Å². The van der Waals surface area contributed by atoms with Crippen LogP contribution in [0.3, 0.4) is 0 Å². The Kier molecular flexibility index (Phi) is 3.13. The summed E-state index contributed by atoms with van der Waals surface area (Å²) >= 11 is 5.98. The van der Waals surface area contributed by atoms with Crippen LogP contribution in [0.15, 0.2) is 18.2 Å². The SMILES string of the molecule is Cc1ccc(-n2nc(C(=O)O)c(Cl)c2C)c(C)c1. The minimum atomic E-state index is -1.12. The maximum atomic E-state index is 11.0. The number of rotatable bonds is 2. The fourth-order valence-electron chi connectivity index (χ4n) is 1.90. The first-order valence-corrected chi connectivity index (χ1v) is 5.85. The van der Waals surface area contributed by atoms with Gasteiger partial charge in [0.15, 0.2) is 5.69 Å². The Morgan fingerprint density at radius 1 is 1.33 bits per heavy atom. The summed E-state index contributed by atoms with van der Waals surface area (Å²) in [6.07, 6.45) is 0. The first-order chi connectivity index (χ1) is 8.41. The first kappa shape index (κ1) is 12.6. The molecule has 0 aliphatic heterocycles. The summed E-state index contributed by atoms with van der Waals surface area (Å²) in [5.41, 5.74) is 3.52. The second-order valence-corrected chi connectivity index (χ2v) is 4.63. The van der Waals surface area contributed by atoms with E-state index < -0.39 is 5.97 Å². The Morgan fingerprint density at radius 3 is 2.50 bits per heavy atom. The first-order valence-electron chi connectivity index (χ1n) is 5.48. The van der Waals surface area contributed by atoms with Gasteiger partial charge in [0, 0.05) is 0 Å². The van der Waals surface area contributed by atoms with E-state index in [9.17, 15) is 4.79 Å². The molecule has 4 nitrogen and oxygen atoms in total. The smallest absolute Gasteiger partial charge is 0.358 e. The van der Waals surface area contributed by atoms with Gasteiger partial charge in [0.1, 0.15) is 0 Å².